The largest absolute Gasteiger partial charge is 0.326 e. The Morgan fingerprint density at radius 3 is 2.50 bits per heavy atom. The second kappa shape index (κ2) is 6.84. The predicted octanol–water partition coefficient (Wildman–Crippen LogP) is 3.04. The molecule has 2 aromatic rings. The van der Waals surface area contributed by atoms with Crippen LogP contribution < -0.4 is 10.5 Å². The molecule has 22 heavy (non-hydrogen) atoms. The number of nitrogens with two attached hydrogens (primary N) is 1. The molecule has 0 spiro atoms. The SMILES string of the molecule is Cl.NC(CNS(=O)(=O)c1ccc2cc(Br)ccc2c1)C1CC1. The van der Waals surface area contributed by atoms with E-state index in [1.165, 1.54) is 0 Å². The van der Waals surface area contributed by atoms with Crippen molar-refractivity contribution in [3.05, 3.63) is 40.9 Å². The number of hydrogen-bond donors (Lipinski definition) is 2. The lowest BCUT2D eigenvalue weighted by Gasteiger charge is -2.12. The van der Waals surface area contributed by atoms with Crippen LogP contribution in [-0.4, -0.2) is 21.0 Å². The monoisotopic (exact) mass is 404 g/mol. The van der Waals surface area contributed by atoms with Crippen LogP contribution in [0.1, 0.15) is 12.8 Å². The smallest absolute Gasteiger partial charge is 0.240 e. The number of fused-ring (bicyclic) bond motifs is 1. The molecular weight excluding hydrogens is 388 g/mol. The molecule has 1 saturated carbocycles. The molecular formula is C15H18BrClN2O2S. The predicted molar refractivity (Wildman–Crippen MR) is 94.8 cm³/mol. The summed E-state index contributed by atoms with van der Waals surface area (Å²) in [5.74, 6) is 0.474. The highest BCUT2D eigenvalue weighted by atomic mass is 79.9. The molecule has 0 amide bonds. The van der Waals surface area contributed by atoms with Crippen molar-refractivity contribution in [2.24, 2.45) is 11.7 Å². The zero-order chi connectivity index (χ0) is 15.0. The van der Waals surface area contributed by atoms with Gasteiger partial charge in [0.05, 0.1) is 4.90 Å². The van der Waals surface area contributed by atoms with Gasteiger partial charge in [0.15, 0.2) is 0 Å². The summed E-state index contributed by atoms with van der Waals surface area (Å²) >= 11 is 3.41. The number of nitrogens with one attached hydrogen (secondary N) is 1. The molecule has 7 heteroatoms. The van der Waals surface area contributed by atoms with Crippen LogP contribution in [0.2, 0.25) is 0 Å². The number of rotatable bonds is 5. The first-order valence-corrected chi connectivity index (χ1v) is 9.18. The van der Waals surface area contributed by atoms with E-state index in [0.29, 0.717) is 12.5 Å². The summed E-state index contributed by atoms with van der Waals surface area (Å²) in [6, 6.07) is 10.8. The van der Waals surface area contributed by atoms with Gasteiger partial charge in [-0.3, -0.25) is 0 Å². The van der Waals surface area contributed by atoms with Crippen molar-refractivity contribution >= 4 is 49.1 Å². The van der Waals surface area contributed by atoms with Crippen molar-refractivity contribution < 1.29 is 8.42 Å². The lowest BCUT2D eigenvalue weighted by atomic mass is 10.1. The topological polar surface area (TPSA) is 72.2 Å². The van der Waals surface area contributed by atoms with Gasteiger partial charge in [0, 0.05) is 17.1 Å². The van der Waals surface area contributed by atoms with Crippen molar-refractivity contribution in [2.75, 3.05) is 6.54 Å². The fraction of sp³-hybridized carbons (Fsp3) is 0.333. The molecule has 0 heterocycles. The summed E-state index contributed by atoms with van der Waals surface area (Å²) in [5, 5.41) is 1.89. The average molecular weight is 406 g/mol. The third-order valence-electron chi connectivity index (χ3n) is 3.82. The number of hydrogen-bond acceptors (Lipinski definition) is 3. The van der Waals surface area contributed by atoms with Gasteiger partial charge in [-0.1, -0.05) is 28.1 Å². The summed E-state index contributed by atoms with van der Waals surface area (Å²) in [4.78, 5) is 0.278. The molecule has 120 valence electrons. The van der Waals surface area contributed by atoms with Crippen LogP contribution in [0.25, 0.3) is 10.8 Å². The van der Waals surface area contributed by atoms with Gasteiger partial charge in [-0.05, 0) is 53.8 Å². The van der Waals surface area contributed by atoms with Gasteiger partial charge in [-0.25, -0.2) is 13.1 Å². The summed E-state index contributed by atoms with van der Waals surface area (Å²) in [5.41, 5.74) is 5.94. The van der Waals surface area contributed by atoms with Crippen LogP contribution in [0, 0.1) is 5.92 Å². The van der Waals surface area contributed by atoms with Crippen LogP contribution in [0.15, 0.2) is 45.8 Å². The highest BCUT2D eigenvalue weighted by molar-refractivity contribution is 9.10. The third kappa shape index (κ3) is 4.00. The molecule has 0 aliphatic heterocycles. The summed E-state index contributed by atoms with van der Waals surface area (Å²) in [6.07, 6.45) is 2.21. The Morgan fingerprint density at radius 1 is 1.18 bits per heavy atom. The lowest BCUT2D eigenvalue weighted by Crippen LogP contribution is -2.38. The zero-order valence-corrected chi connectivity index (χ0v) is 15.0. The van der Waals surface area contributed by atoms with Gasteiger partial charge in [0.25, 0.3) is 0 Å². The van der Waals surface area contributed by atoms with Crippen LogP contribution in [0.3, 0.4) is 0 Å². The van der Waals surface area contributed by atoms with Crippen molar-refractivity contribution in [2.45, 2.75) is 23.8 Å². The Labute approximate surface area is 145 Å². The molecule has 3 rings (SSSR count). The Hall–Kier alpha value is -0.660. The molecule has 1 aliphatic carbocycles. The fourth-order valence-electron chi connectivity index (χ4n) is 2.34. The summed E-state index contributed by atoms with van der Waals surface area (Å²) in [7, 11) is -3.50. The first-order valence-electron chi connectivity index (χ1n) is 6.90. The van der Waals surface area contributed by atoms with E-state index in [0.717, 1.165) is 28.1 Å². The minimum atomic E-state index is -3.50. The minimum Gasteiger partial charge on any atom is -0.326 e. The molecule has 1 unspecified atom stereocenters. The maximum Gasteiger partial charge on any atom is 0.240 e. The van der Waals surface area contributed by atoms with Crippen LogP contribution in [0.5, 0.6) is 0 Å². The van der Waals surface area contributed by atoms with E-state index in [1.54, 1.807) is 12.1 Å². The van der Waals surface area contributed by atoms with Crippen molar-refractivity contribution in [1.82, 2.24) is 4.72 Å². The van der Waals surface area contributed by atoms with Gasteiger partial charge < -0.3 is 5.73 Å². The quantitative estimate of drug-likeness (QED) is 0.803. The van der Waals surface area contributed by atoms with E-state index in [1.807, 2.05) is 24.3 Å². The maximum atomic E-state index is 12.3. The van der Waals surface area contributed by atoms with Crippen molar-refractivity contribution in [3.8, 4) is 0 Å². The van der Waals surface area contributed by atoms with E-state index in [9.17, 15) is 8.42 Å². The molecule has 3 N–H and O–H groups in total. The number of sulfonamides is 1. The second-order valence-electron chi connectivity index (χ2n) is 5.51. The molecule has 0 bridgehead atoms. The van der Waals surface area contributed by atoms with Gasteiger partial charge in [0.1, 0.15) is 0 Å². The van der Waals surface area contributed by atoms with Gasteiger partial charge in [0.2, 0.25) is 10.0 Å². The molecule has 2 aromatic carbocycles. The van der Waals surface area contributed by atoms with E-state index < -0.39 is 10.0 Å². The highest BCUT2D eigenvalue weighted by Gasteiger charge is 2.29. The molecule has 1 atom stereocenters. The van der Waals surface area contributed by atoms with Gasteiger partial charge in [-0.15, -0.1) is 12.4 Å². The average Bonchev–Trinajstić information content (AvgIpc) is 3.29. The van der Waals surface area contributed by atoms with Gasteiger partial charge >= 0.3 is 0 Å². The van der Waals surface area contributed by atoms with E-state index in [-0.39, 0.29) is 23.3 Å². The summed E-state index contributed by atoms with van der Waals surface area (Å²) < 4.78 is 28.2. The number of benzene rings is 2. The Kier molecular flexibility index (Phi) is 5.50. The van der Waals surface area contributed by atoms with Crippen LogP contribution in [0.4, 0.5) is 0 Å². The molecule has 0 aromatic heterocycles. The Morgan fingerprint density at radius 2 is 1.82 bits per heavy atom. The van der Waals surface area contributed by atoms with Crippen molar-refractivity contribution in [1.29, 1.82) is 0 Å². The molecule has 1 aliphatic rings. The van der Waals surface area contributed by atoms with E-state index in [2.05, 4.69) is 20.7 Å². The molecule has 0 saturated heterocycles. The summed E-state index contributed by atoms with van der Waals surface area (Å²) in [6.45, 7) is 0.297. The first kappa shape index (κ1) is 17.7. The van der Waals surface area contributed by atoms with E-state index >= 15 is 0 Å². The van der Waals surface area contributed by atoms with Crippen LogP contribution in [-0.2, 0) is 10.0 Å². The maximum absolute atomic E-state index is 12.3. The zero-order valence-electron chi connectivity index (χ0n) is 11.8. The second-order valence-corrected chi connectivity index (χ2v) is 8.19. The highest BCUT2D eigenvalue weighted by Crippen LogP contribution is 2.31. The lowest BCUT2D eigenvalue weighted by molar-refractivity contribution is 0.548. The third-order valence-corrected chi connectivity index (χ3v) is 5.74. The van der Waals surface area contributed by atoms with Crippen LogP contribution >= 0.6 is 28.3 Å². The normalized spacial score (nSPS) is 16.3. The standard InChI is InChI=1S/C15H17BrN2O2S.ClH/c16-13-5-3-12-8-14(6-4-11(12)7-13)21(19,20)18-9-15(17)10-1-2-10;/h3-8,10,15,18H,1-2,9,17H2;1H. The fourth-order valence-corrected chi connectivity index (χ4v) is 3.83. The Bertz CT molecular complexity index is 778. The number of halogens is 2. The van der Waals surface area contributed by atoms with E-state index in [4.69, 9.17) is 5.73 Å². The molecule has 4 nitrogen and oxygen atoms in total. The first-order chi connectivity index (χ1) is 9.95. The minimum absolute atomic E-state index is 0. The van der Waals surface area contributed by atoms with Crippen molar-refractivity contribution in [3.63, 3.8) is 0 Å². The Balaban J connectivity index is 0.00000176. The van der Waals surface area contributed by atoms with Gasteiger partial charge in [-0.2, -0.15) is 0 Å². The molecule has 0 radical (unpaired) electrons. The molecule has 1 fully saturated rings.